The monoisotopic (exact) mass is 218 g/mol. The highest BCUT2D eigenvalue weighted by molar-refractivity contribution is 5.41. The summed E-state index contributed by atoms with van der Waals surface area (Å²) in [6, 6.07) is 0. The van der Waals surface area contributed by atoms with Gasteiger partial charge in [-0.15, -0.1) is 0 Å². The number of ether oxygens (including phenoxy) is 1. The van der Waals surface area contributed by atoms with Gasteiger partial charge >= 0.3 is 0 Å². The fourth-order valence-electron chi connectivity index (χ4n) is 4.29. The molecule has 16 heavy (non-hydrogen) atoms. The molecule has 0 amide bonds. The number of allylic oxidation sites excluding steroid dienone is 3. The summed E-state index contributed by atoms with van der Waals surface area (Å²) >= 11 is 0. The van der Waals surface area contributed by atoms with Gasteiger partial charge in [0.05, 0.1) is 11.2 Å². The first-order valence-corrected chi connectivity index (χ1v) is 6.51. The Hall–Kier alpha value is -0.560. The van der Waals surface area contributed by atoms with Gasteiger partial charge in [0.25, 0.3) is 0 Å². The van der Waals surface area contributed by atoms with Crippen LogP contribution in [0.4, 0.5) is 0 Å². The highest BCUT2D eigenvalue weighted by Crippen LogP contribution is 2.60. The van der Waals surface area contributed by atoms with Gasteiger partial charge in [-0.05, 0) is 58.4 Å². The first-order valence-electron chi connectivity index (χ1n) is 6.51. The molecule has 0 unspecified atom stereocenters. The average Bonchev–Trinajstić information content (AvgIpc) is 2.73. The number of hydrogen-bond acceptors (Lipinski definition) is 1. The molecule has 0 aromatic carbocycles. The van der Waals surface area contributed by atoms with Gasteiger partial charge in [-0.25, -0.2) is 0 Å². The van der Waals surface area contributed by atoms with Gasteiger partial charge in [-0.1, -0.05) is 17.7 Å². The molecule has 1 heteroatoms. The molecule has 3 atom stereocenters. The van der Waals surface area contributed by atoms with E-state index in [2.05, 4.69) is 39.8 Å². The third-order valence-electron chi connectivity index (χ3n) is 4.95. The van der Waals surface area contributed by atoms with Crippen molar-refractivity contribution in [3.63, 3.8) is 0 Å². The van der Waals surface area contributed by atoms with Crippen molar-refractivity contribution < 1.29 is 4.74 Å². The van der Waals surface area contributed by atoms with Crippen LogP contribution in [0.2, 0.25) is 0 Å². The van der Waals surface area contributed by atoms with Gasteiger partial charge in [0, 0.05) is 5.92 Å². The molecule has 0 aromatic rings. The molecular weight excluding hydrogens is 196 g/mol. The third kappa shape index (κ3) is 1.21. The lowest BCUT2D eigenvalue weighted by molar-refractivity contribution is -0.113. The Morgan fingerprint density at radius 2 is 2.00 bits per heavy atom. The second-order valence-corrected chi connectivity index (χ2v) is 6.42. The lowest BCUT2D eigenvalue weighted by Gasteiger charge is -2.33. The van der Waals surface area contributed by atoms with Gasteiger partial charge < -0.3 is 4.74 Å². The van der Waals surface area contributed by atoms with Crippen molar-refractivity contribution in [2.75, 3.05) is 0 Å². The molecule has 0 radical (unpaired) electrons. The van der Waals surface area contributed by atoms with Crippen LogP contribution in [0.1, 0.15) is 47.0 Å². The molecule has 0 spiro atoms. The van der Waals surface area contributed by atoms with E-state index in [1.54, 1.807) is 5.57 Å². The van der Waals surface area contributed by atoms with Gasteiger partial charge in [-0.2, -0.15) is 0 Å². The summed E-state index contributed by atoms with van der Waals surface area (Å²) in [5, 5.41) is 0. The van der Waals surface area contributed by atoms with E-state index in [0.717, 1.165) is 6.42 Å². The quantitative estimate of drug-likeness (QED) is 0.649. The molecule has 1 saturated heterocycles. The van der Waals surface area contributed by atoms with Crippen molar-refractivity contribution in [3.05, 3.63) is 23.3 Å². The number of rotatable bonds is 1. The first kappa shape index (κ1) is 10.6. The normalized spacial score (nSPS) is 44.8. The lowest BCUT2D eigenvalue weighted by Crippen LogP contribution is -2.35. The Kier molecular flexibility index (Phi) is 1.99. The molecule has 0 aromatic heterocycles. The molecule has 2 bridgehead atoms. The summed E-state index contributed by atoms with van der Waals surface area (Å²) in [5.74, 6) is 1.35. The second-order valence-electron chi connectivity index (χ2n) is 6.42. The summed E-state index contributed by atoms with van der Waals surface area (Å²) in [4.78, 5) is 0. The Bertz CT molecular complexity index is 388. The van der Waals surface area contributed by atoms with E-state index in [1.165, 1.54) is 18.4 Å². The summed E-state index contributed by atoms with van der Waals surface area (Å²) in [6.07, 6.45) is 8.46. The van der Waals surface area contributed by atoms with Crippen molar-refractivity contribution in [2.24, 2.45) is 11.8 Å². The van der Waals surface area contributed by atoms with Crippen LogP contribution in [0.3, 0.4) is 0 Å². The van der Waals surface area contributed by atoms with Gasteiger partial charge in [0.1, 0.15) is 0 Å². The zero-order valence-corrected chi connectivity index (χ0v) is 10.8. The van der Waals surface area contributed by atoms with Crippen LogP contribution in [0.15, 0.2) is 23.3 Å². The predicted octanol–water partition coefficient (Wildman–Crippen LogP) is 3.86. The SMILES string of the molecule is CC1=CCC=C1[C@H]1[C@H]2CC[C@]1(C)OC2(C)C. The highest BCUT2D eigenvalue weighted by atomic mass is 16.5. The maximum atomic E-state index is 6.34. The fraction of sp³-hybridized carbons (Fsp3) is 0.733. The largest absolute Gasteiger partial charge is 0.368 e. The zero-order chi connectivity index (χ0) is 11.6. The van der Waals surface area contributed by atoms with Gasteiger partial charge in [0.15, 0.2) is 0 Å². The van der Waals surface area contributed by atoms with Crippen LogP contribution in [0, 0.1) is 11.8 Å². The topological polar surface area (TPSA) is 9.23 Å². The molecule has 2 fully saturated rings. The van der Waals surface area contributed by atoms with Crippen LogP contribution in [-0.4, -0.2) is 11.2 Å². The molecule has 2 aliphatic carbocycles. The van der Waals surface area contributed by atoms with Crippen molar-refractivity contribution >= 4 is 0 Å². The van der Waals surface area contributed by atoms with E-state index in [9.17, 15) is 0 Å². The molecule has 1 aliphatic heterocycles. The van der Waals surface area contributed by atoms with Crippen LogP contribution < -0.4 is 0 Å². The molecule has 3 aliphatic rings. The molecule has 0 N–H and O–H groups in total. The number of fused-ring (bicyclic) bond motifs is 2. The van der Waals surface area contributed by atoms with E-state index < -0.39 is 0 Å². The minimum absolute atomic E-state index is 0.0708. The summed E-state index contributed by atoms with van der Waals surface area (Å²) in [5.41, 5.74) is 3.24. The van der Waals surface area contributed by atoms with E-state index >= 15 is 0 Å². The molecule has 3 rings (SSSR count). The Labute approximate surface area is 98.6 Å². The Morgan fingerprint density at radius 1 is 1.25 bits per heavy atom. The second kappa shape index (κ2) is 3.01. The first-order chi connectivity index (χ1) is 7.44. The smallest absolute Gasteiger partial charge is 0.0734 e. The van der Waals surface area contributed by atoms with Crippen LogP contribution in [-0.2, 0) is 4.74 Å². The number of hydrogen-bond donors (Lipinski definition) is 0. The molecular formula is C15H22O. The zero-order valence-electron chi connectivity index (χ0n) is 10.8. The van der Waals surface area contributed by atoms with E-state index in [0.29, 0.717) is 11.8 Å². The minimum atomic E-state index is 0.0708. The van der Waals surface area contributed by atoms with E-state index in [4.69, 9.17) is 4.74 Å². The van der Waals surface area contributed by atoms with Gasteiger partial charge in [-0.3, -0.25) is 0 Å². The van der Waals surface area contributed by atoms with Crippen LogP contribution in [0.25, 0.3) is 0 Å². The summed E-state index contributed by atoms with van der Waals surface area (Å²) < 4.78 is 6.34. The molecule has 1 nitrogen and oxygen atoms in total. The van der Waals surface area contributed by atoms with Crippen molar-refractivity contribution in [1.29, 1.82) is 0 Å². The highest BCUT2D eigenvalue weighted by Gasteiger charge is 2.61. The van der Waals surface area contributed by atoms with Crippen molar-refractivity contribution in [3.8, 4) is 0 Å². The maximum absolute atomic E-state index is 6.34. The van der Waals surface area contributed by atoms with Gasteiger partial charge in [0.2, 0.25) is 0 Å². The standard InChI is InChI=1S/C15H22O/c1-10-6-5-7-11(10)13-12-8-9-15(13,4)16-14(12,2)3/h6-7,12-13H,5,8-9H2,1-4H3/t12-,13+,15+/m1/s1. The third-order valence-corrected chi connectivity index (χ3v) is 4.95. The average molecular weight is 218 g/mol. The summed E-state index contributed by atoms with van der Waals surface area (Å²) in [6.45, 7) is 9.11. The lowest BCUT2D eigenvalue weighted by atomic mass is 9.77. The fourth-order valence-corrected chi connectivity index (χ4v) is 4.29. The maximum Gasteiger partial charge on any atom is 0.0734 e. The van der Waals surface area contributed by atoms with Crippen molar-refractivity contribution in [1.82, 2.24) is 0 Å². The Morgan fingerprint density at radius 3 is 2.44 bits per heavy atom. The van der Waals surface area contributed by atoms with E-state index in [1.807, 2.05) is 0 Å². The summed E-state index contributed by atoms with van der Waals surface area (Å²) in [7, 11) is 0. The Balaban J connectivity index is 2.01. The van der Waals surface area contributed by atoms with Crippen LogP contribution in [0.5, 0.6) is 0 Å². The molecule has 1 saturated carbocycles. The minimum Gasteiger partial charge on any atom is -0.368 e. The van der Waals surface area contributed by atoms with Crippen LogP contribution >= 0.6 is 0 Å². The van der Waals surface area contributed by atoms with Crippen molar-refractivity contribution in [2.45, 2.75) is 58.2 Å². The molecule has 1 heterocycles. The molecule has 88 valence electrons. The predicted molar refractivity (Wildman–Crippen MR) is 66.2 cm³/mol. The van der Waals surface area contributed by atoms with E-state index in [-0.39, 0.29) is 11.2 Å².